The van der Waals surface area contributed by atoms with Crippen LogP contribution in [0.25, 0.3) is 0 Å². The van der Waals surface area contributed by atoms with Gasteiger partial charge in [0.05, 0.1) is 19.2 Å². The van der Waals surface area contributed by atoms with Crippen molar-refractivity contribution in [2.24, 2.45) is 0 Å². The average molecular weight is 275 g/mol. The molecule has 5 nitrogen and oxygen atoms in total. The van der Waals surface area contributed by atoms with E-state index in [4.69, 9.17) is 14.3 Å². The van der Waals surface area contributed by atoms with Gasteiger partial charge in [-0.25, -0.2) is 4.79 Å². The normalized spacial score (nSPS) is 12.1. The predicted octanol–water partition coefficient (Wildman–Crippen LogP) is 2.84. The second-order valence-corrected chi connectivity index (χ2v) is 4.48. The average Bonchev–Trinajstić information content (AvgIpc) is 2.94. The molecule has 106 valence electrons. The van der Waals surface area contributed by atoms with E-state index >= 15 is 0 Å². The summed E-state index contributed by atoms with van der Waals surface area (Å²) in [7, 11) is 1.63. The van der Waals surface area contributed by atoms with Crippen LogP contribution in [0.1, 0.15) is 34.6 Å². The van der Waals surface area contributed by atoms with Crippen LogP contribution in [-0.2, 0) is 6.54 Å². The largest absolute Gasteiger partial charge is 0.497 e. The van der Waals surface area contributed by atoms with Gasteiger partial charge in [-0.05, 0) is 30.7 Å². The van der Waals surface area contributed by atoms with E-state index in [2.05, 4.69) is 5.32 Å². The summed E-state index contributed by atoms with van der Waals surface area (Å²) in [5, 5.41) is 12.1. The maximum absolute atomic E-state index is 10.7. The lowest BCUT2D eigenvalue weighted by Gasteiger charge is -2.13. The summed E-state index contributed by atoms with van der Waals surface area (Å²) in [6.45, 7) is 2.50. The first-order valence-electron chi connectivity index (χ1n) is 6.28. The third-order valence-corrected chi connectivity index (χ3v) is 3.10. The van der Waals surface area contributed by atoms with Crippen LogP contribution >= 0.6 is 0 Å². The fourth-order valence-electron chi connectivity index (χ4n) is 1.85. The molecule has 0 amide bonds. The van der Waals surface area contributed by atoms with E-state index in [1.165, 1.54) is 12.3 Å². The van der Waals surface area contributed by atoms with Crippen molar-refractivity contribution in [3.63, 3.8) is 0 Å². The molecule has 0 aliphatic carbocycles. The zero-order valence-corrected chi connectivity index (χ0v) is 11.4. The van der Waals surface area contributed by atoms with Gasteiger partial charge in [-0.1, -0.05) is 12.1 Å². The van der Waals surface area contributed by atoms with Crippen molar-refractivity contribution >= 4 is 5.97 Å². The zero-order valence-electron chi connectivity index (χ0n) is 11.4. The number of carbonyl (C=O) groups is 1. The number of hydrogen-bond acceptors (Lipinski definition) is 4. The fourth-order valence-corrected chi connectivity index (χ4v) is 1.85. The molecule has 0 saturated heterocycles. The number of hydrogen-bond donors (Lipinski definition) is 2. The van der Waals surface area contributed by atoms with Gasteiger partial charge < -0.3 is 19.6 Å². The number of benzene rings is 1. The first-order chi connectivity index (χ1) is 9.60. The van der Waals surface area contributed by atoms with E-state index in [0.29, 0.717) is 12.3 Å². The molecular weight excluding hydrogens is 258 g/mol. The molecule has 1 aromatic heterocycles. The standard InChI is InChI=1S/C15H17NO4/c1-10(11-3-5-13(19-2)6-4-11)16-8-14-7-12(9-20-14)15(17)18/h3-7,9-10,16H,8H2,1-2H3,(H,17,18)/t10-/m0/s1. The van der Waals surface area contributed by atoms with Crippen LogP contribution in [0.4, 0.5) is 0 Å². The van der Waals surface area contributed by atoms with Gasteiger partial charge in [0.15, 0.2) is 0 Å². The Bertz CT molecular complexity index is 574. The molecule has 0 spiro atoms. The van der Waals surface area contributed by atoms with Gasteiger partial charge in [0.2, 0.25) is 0 Å². The molecular formula is C15H17NO4. The topological polar surface area (TPSA) is 71.7 Å². The number of ether oxygens (including phenoxy) is 1. The molecule has 0 unspecified atom stereocenters. The second kappa shape index (κ2) is 6.25. The minimum Gasteiger partial charge on any atom is -0.497 e. The fraction of sp³-hybridized carbons (Fsp3) is 0.267. The molecule has 1 aromatic carbocycles. The Kier molecular flexibility index (Phi) is 4.42. The first-order valence-corrected chi connectivity index (χ1v) is 6.28. The van der Waals surface area contributed by atoms with Crippen molar-refractivity contribution in [2.75, 3.05) is 7.11 Å². The van der Waals surface area contributed by atoms with E-state index in [9.17, 15) is 4.79 Å². The van der Waals surface area contributed by atoms with Crippen LogP contribution < -0.4 is 10.1 Å². The summed E-state index contributed by atoms with van der Waals surface area (Å²) in [5.74, 6) is 0.434. The van der Waals surface area contributed by atoms with Crippen molar-refractivity contribution in [1.29, 1.82) is 0 Å². The summed E-state index contributed by atoms with van der Waals surface area (Å²) in [5.41, 5.74) is 1.29. The van der Waals surface area contributed by atoms with Gasteiger partial charge in [0, 0.05) is 6.04 Å². The molecule has 0 bridgehead atoms. The zero-order chi connectivity index (χ0) is 14.5. The number of methoxy groups -OCH3 is 1. The first kappa shape index (κ1) is 14.1. The molecule has 1 heterocycles. The number of carboxylic acid groups (broad SMARTS) is 1. The highest BCUT2D eigenvalue weighted by Crippen LogP contribution is 2.18. The second-order valence-electron chi connectivity index (χ2n) is 4.48. The van der Waals surface area contributed by atoms with Gasteiger partial charge in [-0.3, -0.25) is 0 Å². The molecule has 5 heteroatoms. The highest BCUT2D eigenvalue weighted by atomic mass is 16.5. The number of rotatable bonds is 6. The number of nitrogens with one attached hydrogen (secondary N) is 1. The summed E-state index contributed by atoms with van der Waals surface area (Å²) in [6, 6.07) is 9.43. The maximum atomic E-state index is 10.7. The minimum atomic E-state index is -0.983. The Morgan fingerprint density at radius 2 is 2.10 bits per heavy atom. The molecule has 0 aliphatic heterocycles. The van der Waals surface area contributed by atoms with Crippen molar-refractivity contribution in [1.82, 2.24) is 5.32 Å². The highest BCUT2D eigenvalue weighted by molar-refractivity contribution is 5.87. The Hall–Kier alpha value is -2.27. The third kappa shape index (κ3) is 3.39. The Labute approximate surface area is 117 Å². The van der Waals surface area contributed by atoms with E-state index < -0.39 is 5.97 Å². The van der Waals surface area contributed by atoms with E-state index in [1.807, 2.05) is 31.2 Å². The van der Waals surface area contributed by atoms with Crippen LogP contribution in [-0.4, -0.2) is 18.2 Å². The smallest absolute Gasteiger partial charge is 0.338 e. The van der Waals surface area contributed by atoms with Crippen LogP contribution in [0, 0.1) is 0 Å². The van der Waals surface area contributed by atoms with Crippen LogP contribution in [0.2, 0.25) is 0 Å². The van der Waals surface area contributed by atoms with E-state index in [-0.39, 0.29) is 11.6 Å². The Balaban J connectivity index is 1.93. The molecule has 0 radical (unpaired) electrons. The molecule has 20 heavy (non-hydrogen) atoms. The van der Waals surface area contributed by atoms with Gasteiger partial charge in [-0.15, -0.1) is 0 Å². The molecule has 0 saturated carbocycles. The Morgan fingerprint density at radius 1 is 1.40 bits per heavy atom. The molecule has 2 aromatic rings. The van der Waals surface area contributed by atoms with Gasteiger partial charge in [0.1, 0.15) is 17.8 Å². The SMILES string of the molecule is COc1ccc([C@H](C)NCc2cc(C(=O)O)co2)cc1. The summed E-state index contributed by atoms with van der Waals surface area (Å²) in [6.07, 6.45) is 1.25. The summed E-state index contributed by atoms with van der Waals surface area (Å²) in [4.78, 5) is 10.7. The number of furan rings is 1. The minimum absolute atomic E-state index is 0.124. The van der Waals surface area contributed by atoms with E-state index in [0.717, 1.165) is 11.3 Å². The van der Waals surface area contributed by atoms with Crippen molar-refractivity contribution < 1.29 is 19.1 Å². The maximum Gasteiger partial charge on any atom is 0.338 e. The summed E-state index contributed by atoms with van der Waals surface area (Å²) < 4.78 is 10.3. The van der Waals surface area contributed by atoms with Crippen molar-refractivity contribution in [3.05, 3.63) is 53.5 Å². The van der Waals surface area contributed by atoms with Gasteiger partial charge in [-0.2, -0.15) is 0 Å². The predicted molar refractivity (Wildman–Crippen MR) is 73.9 cm³/mol. The molecule has 0 fully saturated rings. The van der Waals surface area contributed by atoms with Crippen LogP contribution in [0.5, 0.6) is 5.75 Å². The van der Waals surface area contributed by atoms with Gasteiger partial charge in [0.25, 0.3) is 0 Å². The lowest BCUT2D eigenvalue weighted by molar-refractivity contribution is 0.0696. The third-order valence-electron chi connectivity index (χ3n) is 3.10. The monoisotopic (exact) mass is 275 g/mol. The van der Waals surface area contributed by atoms with E-state index in [1.54, 1.807) is 7.11 Å². The van der Waals surface area contributed by atoms with Gasteiger partial charge >= 0.3 is 5.97 Å². The lowest BCUT2D eigenvalue weighted by Crippen LogP contribution is -2.17. The van der Waals surface area contributed by atoms with Crippen molar-refractivity contribution in [2.45, 2.75) is 19.5 Å². The summed E-state index contributed by atoms with van der Waals surface area (Å²) >= 11 is 0. The molecule has 1 atom stereocenters. The Morgan fingerprint density at radius 3 is 2.65 bits per heavy atom. The number of aromatic carboxylic acids is 1. The van der Waals surface area contributed by atoms with Crippen LogP contribution in [0.3, 0.4) is 0 Å². The molecule has 2 rings (SSSR count). The molecule has 2 N–H and O–H groups in total. The number of carboxylic acids is 1. The van der Waals surface area contributed by atoms with Crippen LogP contribution in [0.15, 0.2) is 41.0 Å². The van der Waals surface area contributed by atoms with Crippen molar-refractivity contribution in [3.8, 4) is 5.75 Å². The highest BCUT2D eigenvalue weighted by Gasteiger charge is 2.10. The lowest BCUT2D eigenvalue weighted by atomic mass is 10.1. The quantitative estimate of drug-likeness (QED) is 0.848. The molecule has 0 aliphatic rings.